The van der Waals surface area contributed by atoms with Crippen LogP contribution in [0.3, 0.4) is 0 Å². The molecule has 0 aliphatic carbocycles. The molecule has 1 unspecified atom stereocenters. The second-order valence-electron chi connectivity index (χ2n) is 3.57. The topological polar surface area (TPSA) is 55.9 Å². The van der Waals surface area contributed by atoms with E-state index in [4.69, 9.17) is 8.92 Å². The molecule has 5 heteroatoms. The van der Waals surface area contributed by atoms with Gasteiger partial charge in [0.15, 0.2) is 0 Å². The van der Waals surface area contributed by atoms with Crippen molar-refractivity contribution in [3.8, 4) is 0 Å². The average Bonchev–Trinajstić information content (AvgIpc) is 2.81. The van der Waals surface area contributed by atoms with Gasteiger partial charge in [0, 0.05) is 0 Å². The summed E-state index contributed by atoms with van der Waals surface area (Å²) in [5.74, 6) is 0. The Morgan fingerprint density at radius 1 is 1.27 bits per heavy atom. The average molecular weight is 228 g/mol. The van der Waals surface area contributed by atoms with E-state index in [1.165, 1.54) is 12.1 Å². The van der Waals surface area contributed by atoms with E-state index in [1.807, 2.05) is 6.92 Å². The van der Waals surface area contributed by atoms with E-state index >= 15 is 0 Å². The fraction of sp³-hybridized carbons (Fsp3) is 0.400. The summed E-state index contributed by atoms with van der Waals surface area (Å²) in [6.07, 6.45) is -0.749. The number of ether oxygens (including phenoxy) is 1. The molecule has 1 aliphatic heterocycles. The lowest BCUT2D eigenvalue weighted by atomic mass is 10.2. The van der Waals surface area contributed by atoms with E-state index in [2.05, 4.69) is 0 Å². The first-order valence-electron chi connectivity index (χ1n) is 4.64. The quantitative estimate of drug-likeness (QED) is 0.580. The second-order valence-corrected chi connectivity index (χ2v) is 5.15. The highest BCUT2D eigenvalue weighted by Gasteiger charge is 2.40. The third-order valence-corrected chi connectivity index (χ3v) is 3.48. The first kappa shape index (κ1) is 10.6. The minimum Gasteiger partial charge on any atom is -0.341 e. The minimum atomic E-state index is -3.67. The Bertz CT molecular complexity index is 449. The highest BCUT2D eigenvalue weighted by molar-refractivity contribution is 7.86. The zero-order chi connectivity index (χ0) is 11.1. The van der Waals surface area contributed by atoms with Gasteiger partial charge in [-0.1, -0.05) is 17.7 Å². The van der Waals surface area contributed by atoms with Gasteiger partial charge in [0.2, 0.25) is 6.29 Å². The van der Waals surface area contributed by atoms with Crippen molar-refractivity contribution in [1.29, 1.82) is 0 Å². The van der Waals surface area contributed by atoms with E-state index < -0.39 is 16.4 Å². The maximum absolute atomic E-state index is 11.6. The molecule has 1 aromatic rings. The molecule has 1 saturated heterocycles. The number of hydrogen-bond acceptors (Lipinski definition) is 4. The van der Waals surface area contributed by atoms with Crippen molar-refractivity contribution < 1.29 is 17.3 Å². The Hall–Kier alpha value is -0.910. The lowest BCUT2D eigenvalue weighted by Gasteiger charge is -2.02. The van der Waals surface area contributed by atoms with Gasteiger partial charge < -0.3 is 4.74 Å². The molecule has 0 saturated carbocycles. The highest BCUT2D eigenvalue weighted by Crippen LogP contribution is 2.27. The molecule has 1 aromatic carbocycles. The maximum atomic E-state index is 11.6. The Balaban J connectivity index is 2.18. The molecule has 0 bridgehead atoms. The number of epoxide rings is 1. The van der Waals surface area contributed by atoms with Crippen LogP contribution in [-0.2, 0) is 19.0 Å². The van der Waals surface area contributed by atoms with Gasteiger partial charge in [0.25, 0.3) is 10.1 Å². The van der Waals surface area contributed by atoms with E-state index in [0.29, 0.717) is 0 Å². The molecule has 0 radical (unpaired) electrons. The zero-order valence-corrected chi connectivity index (χ0v) is 9.32. The van der Waals surface area contributed by atoms with E-state index in [0.717, 1.165) is 5.56 Å². The summed E-state index contributed by atoms with van der Waals surface area (Å²) in [7, 11) is -3.67. The molecule has 1 heterocycles. The molecule has 15 heavy (non-hydrogen) atoms. The second kappa shape index (κ2) is 3.59. The molecule has 2 rings (SSSR count). The summed E-state index contributed by atoms with van der Waals surface area (Å²) in [6, 6.07) is 6.51. The largest absolute Gasteiger partial charge is 0.341 e. The van der Waals surface area contributed by atoms with Crippen LogP contribution in [0.25, 0.3) is 0 Å². The highest BCUT2D eigenvalue weighted by atomic mass is 32.2. The summed E-state index contributed by atoms with van der Waals surface area (Å²) < 4.78 is 33.0. The van der Waals surface area contributed by atoms with Crippen molar-refractivity contribution in [2.75, 3.05) is 0 Å². The van der Waals surface area contributed by atoms with Gasteiger partial charge in [-0.05, 0) is 26.0 Å². The molecule has 0 spiro atoms. The molecule has 1 aliphatic rings. The monoisotopic (exact) mass is 228 g/mol. The third-order valence-electron chi connectivity index (χ3n) is 2.19. The van der Waals surface area contributed by atoms with Crippen LogP contribution in [0.5, 0.6) is 0 Å². The molecule has 2 atom stereocenters. The number of rotatable bonds is 3. The molecule has 82 valence electrons. The molecular weight excluding hydrogens is 216 g/mol. The zero-order valence-electron chi connectivity index (χ0n) is 8.51. The Morgan fingerprint density at radius 2 is 1.80 bits per heavy atom. The summed E-state index contributed by atoms with van der Waals surface area (Å²) in [6.45, 7) is 3.65. The van der Waals surface area contributed by atoms with Gasteiger partial charge in [0.05, 0.1) is 4.90 Å². The van der Waals surface area contributed by atoms with Gasteiger partial charge in [-0.15, -0.1) is 0 Å². The standard InChI is InChI=1S/C10H12O4S/c1-7-3-5-9(6-4-7)15(11,12)14-10-8(2)13-10/h3-6,8,10H,1-2H3/t8?,10-/m0/s1. The van der Waals surface area contributed by atoms with Crippen LogP contribution in [0.4, 0.5) is 0 Å². The summed E-state index contributed by atoms with van der Waals surface area (Å²) in [4.78, 5) is 0.163. The number of hydrogen-bond donors (Lipinski definition) is 0. The molecule has 0 amide bonds. The van der Waals surface area contributed by atoms with E-state index in [-0.39, 0.29) is 11.0 Å². The first-order valence-corrected chi connectivity index (χ1v) is 6.05. The van der Waals surface area contributed by atoms with Crippen molar-refractivity contribution in [3.63, 3.8) is 0 Å². The van der Waals surface area contributed by atoms with Crippen LogP contribution in [-0.4, -0.2) is 20.8 Å². The molecule has 0 N–H and O–H groups in total. The fourth-order valence-corrected chi connectivity index (χ4v) is 2.18. The van der Waals surface area contributed by atoms with Crippen molar-refractivity contribution in [2.24, 2.45) is 0 Å². The summed E-state index contributed by atoms with van der Waals surface area (Å²) in [5, 5.41) is 0. The first-order chi connectivity index (χ1) is 6.99. The van der Waals surface area contributed by atoms with Gasteiger partial charge in [-0.2, -0.15) is 8.42 Å². The predicted molar refractivity (Wildman–Crippen MR) is 53.8 cm³/mol. The van der Waals surface area contributed by atoms with Gasteiger partial charge >= 0.3 is 0 Å². The predicted octanol–water partition coefficient (Wildman–Crippen LogP) is 1.45. The van der Waals surface area contributed by atoms with Crippen LogP contribution >= 0.6 is 0 Å². The van der Waals surface area contributed by atoms with Crippen molar-refractivity contribution >= 4 is 10.1 Å². The van der Waals surface area contributed by atoms with Crippen molar-refractivity contribution in [3.05, 3.63) is 29.8 Å². The van der Waals surface area contributed by atoms with Crippen LogP contribution < -0.4 is 0 Å². The van der Waals surface area contributed by atoms with Gasteiger partial charge in [-0.3, -0.25) is 0 Å². The van der Waals surface area contributed by atoms with Crippen molar-refractivity contribution in [2.45, 2.75) is 31.1 Å². The fourth-order valence-electron chi connectivity index (χ4n) is 1.15. The molecular formula is C10H12O4S. The number of benzene rings is 1. The Kier molecular flexibility index (Phi) is 2.54. The van der Waals surface area contributed by atoms with Crippen LogP contribution in [0.2, 0.25) is 0 Å². The van der Waals surface area contributed by atoms with Crippen molar-refractivity contribution in [1.82, 2.24) is 0 Å². The maximum Gasteiger partial charge on any atom is 0.299 e. The molecule has 1 fully saturated rings. The minimum absolute atomic E-state index is 0.134. The number of aryl methyl sites for hydroxylation is 1. The normalized spacial score (nSPS) is 25.2. The van der Waals surface area contributed by atoms with Gasteiger partial charge in [-0.25, -0.2) is 4.18 Å². The molecule has 0 aromatic heterocycles. The van der Waals surface area contributed by atoms with Crippen LogP contribution in [0.15, 0.2) is 29.2 Å². The SMILES string of the molecule is Cc1ccc(S(=O)(=O)O[C@@H]2OC2C)cc1. The van der Waals surface area contributed by atoms with E-state index in [1.54, 1.807) is 19.1 Å². The lowest BCUT2D eigenvalue weighted by molar-refractivity contribution is 0.185. The van der Waals surface area contributed by atoms with Crippen LogP contribution in [0.1, 0.15) is 12.5 Å². The third kappa shape index (κ3) is 2.37. The van der Waals surface area contributed by atoms with Crippen LogP contribution in [0, 0.1) is 6.92 Å². The smallest absolute Gasteiger partial charge is 0.299 e. The van der Waals surface area contributed by atoms with E-state index in [9.17, 15) is 8.42 Å². The van der Waals surface area contributed by atoms with Gasteiger partial charge in [0.1, 0.15) is 6.10 Å². The Morgan fingerprint density at radius 3 is 2.27 bits per heavy atom. The summed E-state index contributed by atoms with van der Waals surface area (Å²) in [5.41, 5.74) is 1.00. The molecule has 4 nitrogen and oxygen atoms in total. The lowest BCUT2D eigenvalue weighted by Crippen LogP contribution is -2.09. The summed E-state index contributed by atoms with van der Waals surface area (Å²) >= 11 is 0. The Labute approximate surface area is 88.9 Å².